The first kappa shape index (κ1) is 17.7. The molecule has 0 bridgehead atoms. The molecule has 0 amide bonds. The Morgan fingerprint density at radius 2 is 2.15 bits per heavy atom. The predicted molar refractivity (Wildman–Crippen MR) is 84.7 cm³/mol. The minimum Gasteiger partial charge on any atom is -0.316 e. The van der Waals surface area contributed by atoms with Crippen molar-refractivity contribution in [2.24, 2.45) is 5.92 Å². The molecule has 7 heteroatoms. The zero-order valence-corrected chi connectivity index (χ0v) is 13.7. The SMILES string of the molecule is CC(C)N1[C@H](Cn2cncn2)C[C@@H]2CNCC[C@@H]21.Cl.Cl. The Hall–Kier alpha value is -0.360. The van der Waals surface area contributed by atoms with Crippen molar-refractivity contribution in [3.05, 3.63) is 12.7 Å². The second-order valence-electron chi connectivity index (χ2n) is 5.87. The normalized spacial score (nSPS) is 29.6. The molecule has 0 radical (unpaired) electrons. The van der Waals surface area contributed by atoms with Gasteiger partial charge in [0.15, 0.2) is 0 Å². The molecule has 2 aliphatic heterocycles. The maximum atomic E-state index is 4.25. The Balaban J connectivity index is 0.000001000. The van der Waals surface area contributed by atoms with Crippen LogP contribution in [0, 0.1) is 5.92 Å². The van der Waals surface area contributed by atoms with Gasteiger partial charge in [-0.25, -0.2) is 4.98 Å². The highest BCUT2D eigenvalue weighted by Crippen LogP contribution is 2.35. The number of hydrogen-bond acceptors (Lipinski definition) is 4. The van der Waals surface area contributed by atoms with Gasteiger partial charge in [0.05, 0.1) is 6.54 Å². The number of aromatic nitrogens is 3. The predicted octanol–water partition coefficient (Wildman–Crippen LogP) is 1.58. The number of likely N-dealkylation sites (tertiary alicyclic amines) is 1. The highest BCUT2D eigenvalue weighted by atomic mass is 35.5. The van der Waals surface area contributed by atoms with Gasteiger partial charge in [-0.05, 0) is 45.7 Å². The van der Waals surface area contributed by atoms with Gasteiger partial charge < -0.3 is 5.32 Å². The van der Waals surface area contributed by atoms with E-state index in [1.165, 1.54) is 25.9 Å². The van der Waals surface area contributed by atoms with Gasteiger partial charge >= 0.3 is 0 Å². The zero-order valence-electron chi connectivity index (χ0n) is 12.1. The number of halogens is 2. The molecule has 3 atom stereocenters. The molecule has 2 fully saturated rings. The van der Waals surface area contributed by atoms with Crippen LogP contribution >= 0.6 is 24.8 Å². The van der Waals surface area contributed by atoms with Gasteiger partial charge in [-0.1, -0.05) is 0 Å². The maximum absolute atomic E-state index is 4.25. The Kier molecular flexibility index (Phi) is 6.72. The average Bonchev–Trinajstić information content (AvgIpc) is 2.95. The van der Waals surface area contributed by atoms with E-state index in [2.05, 4.69) is 34.1 Å². The minimum absolute atomic E-state index is 0. The Labute approximate surface area is 133 Å². The van der Waals surface area contributed by atoms with Crippen LogP contribution < -0.4 is 5.32 Å². The molecule has 5 nitrogen and oxygen atoms in total. The van der Waals surface area contributed by atoms with Crippen LogP contribution in [0.1, 0.15) is 26.7 Å². The largest absolute Gasteiger partial charge is 0.316 e. The van der Waals surface area contributed by atoms with Crippen LogP contribution in [0.2, 0.25) is 0 Å². The number of rotatable bonds is 3. The van der Waals surface area contributed by atoms with Crippen molar-refractivity contribution in [1.82, 2.24) is 25.0 Å². The summed E-state index contributed by atoms with van der Waals surface area (Å²) in [6.45, 7) is 7.96. The number of nitrogens with one attached hydrogen (secondary N) is 1. The lowest BCUT2D eigenvalue weighted by molar-refractivity contribution is 0.110. The van der Waals surface area contributed by atoms with Crippen molar-refractivity contribution in [2.45, 2.75) is 51.4 Å². The van der Waals surface area contributed by atoms with Crippen LogP contribution in [0.3, 0.4) is 0 Å². The summed E-state index contributed by atoms with van der Waals surface area (Å²) in [7, 11) is 0. The summed E-state index contributed by atoms with van der Waals surface area (Å²) >= 11 is 0. The molecule has 0 spiro atoms. The van der Waals surface area contributed by atoms with Gasteiger partial charge in [0.25, 0.3) is 0 Å². The quantitative estimate of drug-likeness (QED) is 0.918. The van der Waals surface area contributed by atoms with Crippen molar-refractivity contribution >= 4 is 24.8 Å². The van der Waals surface area contributed by atoms with Crippen molar-refractivity contribution in [3.8, 4) is 0 Å². The maximum Gasteiger partial charge on any atom is 0.137 e. The first-order chi connectivity index (χ1) is 8.75. The molecule has 0 saturated carbocycles. The van der Waals surface area contributed by atoms with Gasteiger partial charge in [-0.2, -0.15) is 5.10 Å². The first-order valence-electron chi connectivity index (χ1n) is 7.06. The standard InChI is InChI=1S/C13H23N5.2ClH/c1-10(2)18-12(7-17-9-15-8-16-17)5-11-6-14-4-3-13(11)18;;/h8-14H,3-7H2,1-2H3;2*1H/t11-,12+,13+;;/m1../s1. The van der Waals surface area contributed by atoms with Crippen LogP contribution in [-0.2, 0) is 6.54 Å². The summed E-state index contributed by atoms with van der Waals surface area (Å²) in [6, 6.07) is 1.99. The molecule has 2 saturated heterocycles. The molecule has 116 valence electrons. The second kappa shape index (κ2) is 7.59. The van der Waals surface area contributed by atoms with Crippen LogP contribution in [-0.4, -0.2) is 50.9 Å². The molecule has 1 aromatic heterocycles. The minimum atomic E-state index is 0. The summed E-state index contributed by atoms with van der Waals surface area (Å²) in [4.78, 5) is 6.76. The summed E-state index contributed by atoms with van der Waals surface area (Å²) in [5.41, 5.74) is 0. The van der Waals surface area contributed by atoms with Gasteiger partial charge in [0.1, 0.15) is 12.7 Å². The summed E-state index contributed by atoms with van der Waals surface area (Å²) in [5.74, 6) is 0.815. The lowest BCUT2D eigenvalue weighted by atomic mass is 9.93. The van der Waals surface area contributed by atoms with Crippen molar-refractivity contribution in [1.29, 1.82) is 0 Å². The van der Waals surface area contributed by atoms with Crippen LogP contribution in [0.15, 0.2) is 12.7 Å². The fraction of sp³-hybridized carbons (Fsp3) is 0.846. The molecule has 0 unspecified atom stereocenters. The van der Waals surface area contributed by atoms with E-state index in [0.717, 1.165) is 18.5 Å². The molecule has 3 heterocycles. The van der Waals surface area contributed by atoms with E-state index in [-0.39, 0.29) is 24.8 Å². The molecule has 0 aromatic carbocycles. The smallest absolute Gasteiger partial charge is 0.137 e. The fourth-order valence-electron chi connectivity index (χ4n) is 3.80. The number of piperidine rings is 1. The number of hydrogen-bond donors (Lipinski definition) is 1. The van der Waals surface area contributed by atoms with E-state index >= 15 is 0 Å². The monoisotopic (exact) mass is 321 g/mol. The van der Waals surface area contributed by atoms with E-state index in [1.54, 1.807) is 6.33 Å². The number of nitrogens with zero attached hydrogens (tertiary/aromatic N) is 4. The Bertz CT molecular complexity index is 384. The van der Waals surface area contributed by atoms with Crippen LogP contribution in [0.25, 0.3) is 0 Å². The molecule has 1 aromatic rings. The molecule has 2 aliphatic rings. The third kappa shape index (κ3) is 3.45. The lowest BCUT2D eigenvalue weighted by Crippen LogP contribution is -2.48. The topological polar surface area (TPSA) is 46.0 Å². The first-order valence-corrected chi connectivity index (χ1v) is 7.06. The van der Waals surface area contributed by atoms with Crippen molar-refractivity contribution in [3.63, 3.8) is 0 Å². The fourth-order valence-corrected chi connectivity index (χ4v) is 3.80. The van der Waals surface area contributed by atoms with Gasteiger partial charge in [0.2, 0.25) is 0 Å². The van der Waals surface area contributed by atoms with E-state index in [1.807, 2.05) is 11.0 Å². The van der Waals surface area contributed by atoms with Gasteiger partial charge in [-0.15, -0.1) is 24.8 Å². The molecular formula is C13H25Cl2N5. The van der Waals surface area contributed by atoms with Gasteiger partial charge in [-0.3, -0.25) is 9.58 Å². The number of fused-ring (bicyclic) bond motifs is 1. The third-order valence-electron chi connectivity index (χ3n) is 4.41. The van der Waals surface area contributed by atoms with E-state index < -0.39 is 0 Å². The molecule has 3 rings (SSSR count). The van der Waals surface area contributed by atoms with Crippen molar-refractivity contribution in [2.75, 3.05) is 13.1 Å². The Morgan fingerprint density at radius 1 is 1.35 bits per heavy atom. The van der Waals surface area contributed by atoms with E-state index in [4.69, 9.17) is 0 Å². The van der Waals surface area contributed by atoms with Gasteiger partial charge in [0, 0.05) is 18.1 Å². The summed E-state index contributed by atoms with van der Waals surface area (Å²) in [6.07, 6.45) is 6.04. The van der Waals surface area contributed by atoms with E-state index in [9.17, 15) is 0 Å². The average molecular weight is 322 g/mol. The zero-order chi connectivity index (χ0) is 12.5. The van der Waals surface area contributed by atoms with Crippen LogP contribution in [0.4, 0.5) is 0 Å². The highest BCUT2D eigenvalue weighted by Gasteiger charge is 2.43. The lowest BCUT2D eigenvalue weighted by Gasteiger charge is -2.37. The summed E-state index contributed by atoms with van der Waals surface area (Å²) < 4.78 is 1.98. The summed E-state index contributed by atoms with van der Waals surface area (Å²) in [5, 5.41) is 7.79. The highest BCUT2D eigenvalue weighted by molar-refractivity contribution is 5.85. The third-order valence-corrected chi connectivity index (χ3v) is 4.41. The molecule has 1 N–H and O–H groups in total. The van der Waals surface area contributed by atoms with E-state index in [0.29, 0.717) is 12.1 Å². The second-order valence-corrected chi connectivity index (χ2v) is 5.87. The van der Waals surface area contributed by atoms with Crippen LogP contribution in [0.5, 0.6) is 0 Å². The Morgan fingerprint density at radius 3 is 2.80 bits per heavy atom. The van der Waals surface area contributed by atoms with Crippen molar-refractivity contribution < 1.29 is 0 Å². The molecule has 0 aliphatic carbocycles. The molecular weight excluding hydrogens is 297 g/mol. The molecule has 20 heavy (non-hydrogen) atoms.